The minimum Gasteiger partial charge on any atom is -0.422 e. The van der Waals surface area contributed by atoms with Crippen LogP contribution in [-0.2, 0) is 30.9 Å². The summed E-state index contributed by atoms with van der Waals surface area (Å²) in [7, 11) is 0. The van der Waals surface area contributed by atoms with Crippen LogP contribution in [0.25, 0.3) is 0 Å². The largest absolute Gasteiger partial charge is 0.422 e. The van der Waals surface area contributed by atoms with Crippen molar-refractivity contribution < 1.29 is 19.1 Å². The van der Waals surface area contributed by atoms with Crippen molar-refractivity contribution in [2.24, 2.45) is 5.92 Å². The molecular weight excluding hydrogens is 339 g/mol. The van der Waals surface area contributed by atoms with Gasteiger partial charge in [0.25, 0.3) is 5.79 Å². The Morgan fingerprint density at radius 2 is 1.78 bits per heavy atom. The second kappa shape index (κ2) is 5.38. The molecule has 0 N–H and O–H groups in total. The molecule has 1 saturated heterocycles. The van der Waals surface area contributed by atoms with Crippen molar-refractivity contribution in [1.82, 2.24) is 0 Å². The molecule has 0 bridgehead atoms. The van der Waals surface area contributed by atoms with Gasteiger partial charge in [0, 0.05) is 29.3 Å². The Balaban J connectivity index is 2.12. The predicted octanol–water partition coefficient (Wildman–Crippen LogP) is 4.04. The molecule has 3 rings (SSSR count). The van der Waals surface area contributed by atoms with Gasteiger partial charge in [0.05, 0.1) is 0 Å². The van der Waals surface area contributed by atoms with E-state index >= 15 is 0 Å². The normalized spacial score (nSPS) is 26.7. The van der Waals surface area contributed by atoms with Gasteiger partial charge in [-0.2, -0.15) is 0 Å². The zero-order chi connectivity index (χ0) is 17.0. The van der Waals surface area contributed by atoms with E-state index in [-0.39, 0.29) is 0 Å². The summed E-state index contributed by atoms with van der Waals surface area (Å²) in [5.74, 6) is -3.31. The van der Waals surface area contributed by atoms with Gasteiger partial charge in [0.1, 0.15) is 0 Å². The molecule has 1 atom stereocenters. The molecule has 1 aromatic carbocycles. The number of carbonyl (C=O) groups excluding carboxylic acids is 2. The number of rotatable bonds is 2. The number of fused-ring (bicyclic) bond motifs is 1. The summed E-state index contributed by atoms with van der Waals surface area (Å²) in [6.45, 7) is 5.05. The number of cyclic esters (lactones) is 2. The molecular formula is C17H18Cl2O4. The molecule has 0 spiro atoms. The maximum absolute atomic E-state index is 12.6. The minimum absolute atomic E-state index is 0.492. The predicted molar refractivity (Wildman–Crippen MR) is 86.5 cm³/mol. The quantitative estimate of drug-likeness (QED) is 0.592. The Bertz CT molecular complexity index is 678. The third-order valence-corrected chi connectivity index (χ3v) is 5.42. The van der Waals surface area contributed by atoms with Crippen LogP contribution < -0.4 is 0 Å². The molecule has 0 aromatic heterocycles. The highest BCUT2D eigenvalue weighted by Crippen LogP contribution is 2.51. The summed E-state index contributed by atoms with van der Waals surface area (Å²) in [5, 5.41) is 1.06. The van der Waals surface area contributed by atoms with E-state index in [1.54, 1.807) is 26.0 Å². The Kier molecular flexibility index (Phi) is 3.88. The lowest BCUT2D eigenvalue weighted by atomic mass is 9.68. The molecule has 1 aromatic rings. The van der Waals surface area contributed by atoms with Crippen LogP contribution in [0.1, 0.15) is 44.7 Å². The van der Waals surface area contributed by atoms with Crippen LogP contribution in [0.2, 0.25) is 10.0 Å². The van der Waals surface area contributed by atoms with Crippen LogP contribution in [0, 0.1) is 5.92 Å². The zero-order valence-electron chi connectivity index (χ0n) is 13.2. The molecule has 6 heteroatoms. The van der Waals surface area contributed by atoms with E-state index < -0.39 is 29.1 Å². The number of hydrogen-bond donors (Lipinski definition) is 0. The third-order valence-electron chi connectivity index (χ3n) is 4.87. The first-order valence-electron chi connectivity index (χ1n) is 7.64. The molecule has 4 nitrogen and oxygen atoms in total. The number of hydrogen-bond acceptors (Lipinski definition) is 4. The highest BCUT2D eigenvalue weighted by atomic mass is 35.5. The zero-order valence-corrected chi connectivity index (χ0v) is 14.8. The van der Waals surface area contributed by atoms with Crippen LogP contribution in [0.3, 0.4) is 0 Å². The van der Waals surface area contributed by atoms with Crippen molar-refractivity contribution in [3.8, 4) is 0 Å². The highest BCUT2D eigenvalue weighted by molar-refractivity contribution is 6.35. The van der Waals surface area contributed by atoms with Crippen LogP contribution in [-0.4, -0.2) is 17.7 Å². The lowest BCUT2D eigenvalue weighted by molar-refractivity contribution is -0.243. The van der Waals surface area contributed by atoms with E-state index in [0.717, 1.165) is 11.1 Å². The molecule has 0 amide bonds. The Morgan fingerprint density at radius 1 is 1.17 bits per heavy atom. The summed E-state index contributed by atoms with van der Waals surface area (Å²) < 4.78 is 10.6. The van der Waals surface area contributed by atoms with Gasteiger partial charge in [-0.3, -0.25) is 9.59 Å². The molecule has 124 valence electrons. The molecule has 2 aliphatic rings. The maximum Gasteiger partial charge on any atom is 0.324 e. The van der Waals surface area contributed by atoms with Crippen LogP contribution in [0.4, 0.5) is 0 Å². The fourth-order valence-corrected chi connectivity index (χ4v) is 4.41. The van der Waals surface area contributed by atoms with E-state index in [1.165, 1.54) is 0 Å². The second-order valence-corrected chi connectivity index (χ2v) is 7.44. The Hall–Kier alpha value is -1.26. The summed E-state index contributed by atoms with van der Waals surface area (Å²) in [5.41, 5.74) is 1.12. The number of ether oxygens (including phenoxy) is 2. The number of halogens is 2. The van der Waals surface area contributed by atoms with Gasteiger partial charge in [0.15, 0.2) is 5.92 Å². The first kappa shape index (κ1) is 16.6. The minimum atomic E-state index is -1.23. The lowest BCUT2D eigenvalue weighted by Gasteiger charge is -2.41. The molecule has 0 unspecified atom stereocenters. The number of esters is 2. The maximum atomic E-state index is 12.6. The topological polar surface area (TPSA) is 52.6 Å². The monoisotopic (exact) mass is 356 g/mol. The van der Waals surface area contributed by atoms with Gasteiger partial charge in [-0.05, 0) is 42.5 Å². The van der Waals surface area contributed by atoms with Gasteiger partial charge < -0.3 is 9.47 Å². The summed E-state index contributed by atoms with van der Waals surface area (Å²) in [6.07, 6.45) is 1.92. The van der Waals surface area contributed by atoms with E-state index in [1.807, 2.05) is 6.92 Å². The van der Waals surface area contributed by atoms with Crippen molar-refractivity contribution >= 4 is 35.1 Å². The number of benzene rings is 1. The van der Waals surface area contributed by atoms with E-state index in [9.17, 15) is 9.59 Å². The smallest absolute Gasteiger partial charge is 0.324 e. The number of carbonyl (C=O) groups is 2. The molecule has 0 radical (unpaired) electrons. The molecule has 1 fully saturated rings. The summed E-state index contributed by atoms with van der Waals surface area (Å²) in [6, 6.07) is 3.49. The Labute approximate surface area is 145 Å². The van der Waals surface area contributed by atoms with Gasteiger partial charge >= 0.3 is 11.9 Å². The summed E-state index contributed by atoms with van der Waals surface area (Å²) in [4.78, 5) is 25.1. The first-order valence-corrected chi connectivity index (χ1v) is 8.40. The molecule has 1 aliphatic carbocycles. The molecule has 23 heavy (non-hydrogen) atoms. The van der Waals surface area contributed by atoms with Crippen LogP contribution in [0.5, 0.6) is 0 Å². The fraction of sp³-hybridized carbons (Fsp3) is 0.529. The van der Waals surface area contributed by atoms with Crippen molar-refractivity contribution in [3.63, 3.8) is 0 Å². The van der Waals surface area contributed by atoms with Crippen molar-refractivity contribution in [1.29, 1.82) is 0 Å². The standard InChI is InChI=1S/C17H18Cl2O4/c1-4-17(13-14(20)22-16(2,3)23-15(13)21)6-5-10-11(17)7-9(18)8-12(10)19/h7-8,13H,4-6H2,1-3H3/t17-/m1/s1. The molecule has 1 aliphatic heterocycles. The van der Waals surface area contributed by atoms with Gasteiger partial charge in [-0.15, -0.1) is 0 Å². The Morgan fingerprint density at radius 3 is 2.35 bits per heavy atom. The SMILES string of the molecule is CC[C@@]1(C2C(=O)OC(C)(C)OC2=O)CCc2c(Cl)cc(Cl)cc21. The molecule has 1 heterocycles. The van der Waals surface area contributed by atoms with Crippen LogP contribution >= 0.6 is 23.2 Å². The third kappa shape index (κ3) is 2.52. The highest BCUT2D eigenvalue weighted by Gasteiger charge is 2.57. The second-order valence-electron chi connectivity index (χ2n) is 6.60. The summed E-state index contributed by atoms with van der Waals surface area (Å²) >= 11 is 12.5. The van der Waals surface area contributed by atoms with Crippen molar-refractivity contribution in [2.75, 3.05) is 0 Å². The average Bonchev–Trinajstić information content (AvgIpc) is 2.76. The lowest BCUT2D eigenvalue weighted by Crippen LogP contribution is -2.53. The van der Waals surface area contributed by atoms with E-state index in [4.69, 9.17) is 32.7 Å². The van der Waals surface area contributed by atoms with Crippen LogP contribution in [0.15, 0.2) is 12.1 Å². The van der Waals surface area contributed by atoms with Crippen molar-refractivity contribution in [3.05, 3.63) is 33.3 Å². The van der Waals surface area contributed by atoms with Gasteiger partial charge in [0.2, 0.25) is 0 Å². The fourth-order valence-electron chi connectivity index (χ4n) is 3.83. The van der Waals surface area contributed by atoms with Gasteiger partial charge in [-0.25, -0.2) is 0 Å². The van der Waals surface area contributed by atoms with Crippen molar-refractivity contribution in [2.45, 2.75) is 51.2 Å². The van der Waals surface area contributed by atoms with E-state index in [2.05, 4.69) is 0 Å². The van der Waals surface area contributed by atoms with Gasteiger partial charge in [-0.1, -0.05) is 30.1 Å². The van der Waals surface area contributed by atoms with E-state index in [0.29, 0.717) is 29.3 Å². The first-order chi connectivity index (χ1) is 10.7. The molecule has 0 saturated carbocycles. The average molecular weight is 357 g/mol.